The summed E-state index contributed by atoms with van der Waals surface area (Å²) >= 11 is 7.38. The van der Waals surface area contributed by atoms with E-state index in [-0.39, 0.29) is 5.91 Å². The fraction of sp³-hybridized carbons (Fsp3) is 0.200. The molecule has 1 fully saturated rings. The summed E-state index contributed by atoms with van der Waals surface area (Å²) < 4.78 is 5.03. The highest BCUT2D eigenvalue weighted by atomic mass is 35.5. The van der Waals surface area contributed by atoms with Gasteiger partial charge in [-0.3, -0.25) is 4.79 Å². The first-order chi connectivity index (χ1) is 7.69. The predicted molar refractivity (Wildman–Crippen MR) is 65.7 cm³/mol. The summed E-state index contributed by atoms with van der Waals surface area (Å²) in [6.45, 7) is 0. The van der Waals surface area contributed by atoms with Crippen molar-refractivity contribution in [2.75, 3.05) is 12.9 Å². The number of benzene rings is 1. The molecule has 1 amide bonds. The third kappa shape index (κ3) is 2.48. The van der Waals surface area contributed by atoms with Crippen LogP contribution < -0.4 is 10.1 Å². The number of carbonyl (C=O) groups is 1. The van der Waals surface area contributed by atoms with E-state index in [1.165, 1.54) is 11.8 Å². The number of hydrogen-bond donors (Lipinski definition) is 1. The third-order valence-corrected chi connectivity index (χ3v) is 3.14. The van der Waals surface area contributed by atoms with Gasteiger partial charge in [0.15, 0.2) is 5.17 Å². The Kier molecular flexibility index (Phi) is 3.36. The number of carbonyl (C=O) groups excluding carboxylic acids is 1. The third-order valence-electron chi connectivity index (χ3n) is 1.96. The van der Waals surface area contributed by atoms with Crippen LogP contribution in [0.1, 0.15) is 0 Å². The first kappa shape index (κ1) is 11.3. The van der Waals surface area contributed by atoms with Crippen molar-refractivity contribution in [3.8, 4) is 5.75 Å². The molecule has 2 rings (SSSR count). The Labute approximate surface area is 102 Å². The first-order valence-corrected chi connectivity index (χ1v) is 5.90. The molecule has 0 spiro atoms. The molecule has 1 saturated heterocycles. The Morgan fingerprint density at radius 1 is 1.56 bits per heavy atom. The molecule has 0 saturated carbocycles. The van der Waals surface area contributed by atoms with E-state index in [1.807, 2.05) is 0 Å². The van der Waals surface area contributed by atoms with Crippen molar-refractivity contribution >= 4 is 40.1 Å². The van der Waals surface area contributed by atoms with Gasteiger partial charge in [-0.05, 0) is 12.1 Å². The smallest absolute Gasteiger partial charge is 0.236 e. The van der Waals surface area contributed by atoms with Gasteiger partial charge in [-0.2, -0.15) is 0 Å². The number of aliphatic imine (C=N–C) groups is 1. The van der Waals surface area contributed by atoms with Crippen LogP contribution in [0, 0.1) is 0 Å². The zero-order valence-corrected chi connectivity index (χ0v) is 10.1. The predicted octanol–water partition coefficient (Wildman–Crippen LogP) is 2.20. The zero-order chi connectivity index (χ0) is 11.5. The van der Waals surface area contributed by atoms with Crippen LogP contribution in [-0.2, 0) is 4.79 Å². The topological polar surface area (TPSA) is 50.7 Å². The molecular weight excluding hydrogens is 248 g/mol. The minimum atomic E-state index is -0.0339. The fourth-order valence-electron chi connectivity index (χ4n) is 1.20. The Morgan fingerprint density at radius 3 is 2.94 bits per heavy atom. The minimum absolute atomic E-state index is 0.0339. The van der Waals surface area contributed by atoms with Crippen LogP contribution in [-0.4, -0.2) is 23.9 Å². The highest BCUT2D eigenvalue weighted by Crippen LogP contribution is 2.30. The van der Waals surface area contributed by atoms with Gasteiger partial charge in [0, 0.05) is 6.07 Å². The van der Waals surface area contributed by atoms with E-state index >= 15 is 0 Å². The van der Waals surface area contributed by atoms with Crippen LogP contribution in [0.3, 0.4) is 0 Å². The van der Waals surface area contributed by atoms with Crippen molar-refractivity contribution in [1.29, 1.82) is 0 Å². The van der Waals surface area contributed by atoms with Crippen molar-refractivity contribution < 1.29 is 9.53 Å². The van der Waals surface area contributed by atoms with Gasteiger partial charge in [0.2, 0.25) is 5.91 Å². The molecule has 1 aromatic rings. The summed E-state index contributed by atoms with van der Waals surface area (Å²) in [6.07, 6.45) is 0. The molecule has 4 nitrogen and oxygen atoms in total. The quantitative estimate of drug-likeness (QED) is 0.883. The van der Waals surface area contributed by atoms with Gasteiger partial charge >= 0.3 is 0 Å². The standard InChI is InChI=1S/C10H9ClN2O2S/c1-15-6-2-3-8(7(11)4-6)12-10-13-9(14)5-16-10/h2-4H,5H2,1H3,(H,12,13,14). The second-order valence-corrected chi connectivity index (χ2v) is 4.44. The molecule has 0 bridgehead atoms. The second kappa shape index (κ2) is 4.76. The molecule has 1 aliphatic heterocycles. The molecule has 1 N–H and O–H groups in total. The van der Waals surface area contributed by atoms with Gasteiger partial charge in [0.1, 0.15) is 5.75 Å². The number of hydrogen-bond acceptors (Lipinski definition) is 4. The Morgan fingerprint density at radius 2 is 2.38 bits per heavy atom. The molecule has 0 aliphatic carbocycles. The first-order valence-electron chi connectivity index (χ1n) is 4.54. The van der Waals surface area contributed by atoms with Gasteiger partial charge in [0.25, 0.3) is 0 Å². The number of amidine groups is 1. The number of methoxy groups -OCH3 is 1. The van der Waals surface area contributed by atoms with Crippen LogP contribution >= 0.6 is 23.4 Å². The van der Waals surface area contributed by atoms with Crippen molar-refractivity contribution in [3.05, 3.63) is 23.2 Å². The highest BCUT2D eigenvalue weighted by Gasteiger charge is 2.16. The summed E-state index contributed by atoms with van der Waals surface area (Å²) in [4.78, 5) is 15.2. The van der Waals surface area contributed by atoms with Crippen LogP contribution in [0.5, 0.6) is 5.75 Å². The van der Waals surface area contributed by atoms with Crippen molar-refractivity contribution in [3.63, 3.8) is 0 Å². The molecule has 1 aromatic carbocycles. The highest BCUT2D eigenvalue weighted by molar-refractivity contribution is 8.15. The molecule has 84 valence electrons. The maximum absolute atomic E-state index is 11.0. The van der Waals surface area contributed by atoms with Crippen LogP contribution in [0.25, 0.3) is 0 Å². The van der Waals surface area contributed by atoms with Gasteiger partial charge in [-0.15, -0.1) is 0 Å². The molecular formula is C10H9ClN2O2S. The van der Waals surface area contributed by atoms with E-state index < -0.39 is 0 Å². The van der Waals surface area contributed by atoms with E-state index in [2.05, 4.69) is 10.3 Å². The number of nitrogens with one attached hydrogen (secondary N) is 1. The Hall–Kier alpha value is -1.20. The number of amides is 1. The Balaban J connectivity index is 2.24. The van der Waals surface area contributed by atoms with E-state index in [4.69, 9.17) is 16.3 Å². The lowest BCUT2D eigenvalue weighted by Crippen LogP contribution is -2.19. The van der Waals surface area contributed by atoms with E-state index in [0.717, 1.165) is 0 Å². The van der Waals surface area contributed by atoms with Crippen molar-refractivity contribution in [1.82, 2.24) is 5.32 Å². The summed E-state index contributed by atoms with van der Waals surface area (Å²) in [6, 6.07) is 5.20. The average Bonchev–Trinajstić information content (AvgIpc) is 2.67. The zero-order valence-electron chi connectivity index (χ0n) is 8.49. The summed E-state index contributed by atoms with van der Waals surface area (Å²) in [5.74, 6) is 1.05. The van der Waals surface area contributed by atoms with Gasteiger partial charge in [-0.25, -0.2) is 4.99 Å². The van der Waals surface area contributed by atoms with Crippen LogP contribution in [0.2, 0.25) is 5.02 Å². The lowest BCUT2D eigenvalue weighted by molar-refractivity contribution is -0.116. The van der Waals surface area contributed by atoms with Crippen LogP contribution in [0.4, 0.5) is 5.69 Å². The molecule has 6 heteroatoms. The van der Waals surface area contributed by atoms with E-state index in [0.29, 0.717) is 27.4 Å². The summed E-state index contributed by atoms with van der Waals surface area (Å²) in [7, 11) is 1.57. The maximum atomic E-state index is 11.0. The van der Waals surface area contributed by atoms with E-state index in [1.54, 1.807) is 25.3 Å². The minimum Gasteiger partial charge on any atom is -0.497 e. The maximum Gasteiger partial charge on any atom is 0.236 e. The molecule has 0 radical (unpaired) electrons. The van der Waals surface area contributed by atoms with E-state index in [9.17, 15) is 4.79 Å². The molecule has 16 heavy (non-hydrogen) atoms. The fourth-order valence-corrected chi connectivity index (χ4v) is 2.10. The summed E-state index contributed by atoms with van der Waals surface area (Å²) in [5, 5.41) is 3.72. The second-order valence-electron chi connectivity index (χ2n) is 3.07. The molecule has 1 heterocycles. The monoisotopic (exact) mass is 256 g/mol. The molecule has 0 atom stereocenters. The number of ether oxygens (including phenoxy) is 1. The SMILES string of the molecule is COc1ccc(/N=C2/NC(=O)CS2)c(Cl)c1. The van der Waals surface area contributed by atoms with Crippen molar-refractivity contribution in [2.24, 2.45) is 4.99 Å². The van der Waals surface area contributed by atoms with Gasteiger partial charge < -0.3 is 10.1 Å². The largest absolute Gasteiger partial charge is 0.497 e. The molecule has 0 unspecified atom stereocenters. The summed E-state index contributed by atoms with van der Waals surface area (Å²) in [5.41, 5.74) is 0.618. The number of rotatable bonds is 2. The average molecular weight is 257 g/mol. The lowest BCUT2D eigenvalue weighted by Gasteiger charge is -2.03. The lowest BCUT2D eigenvalue weighted by atomic mass is 10.3. The molecule has 1 aliphatic rings. The van der Waals surface area contributed by atoms with Crippen LogP contribution in [0.15, 0.2) is 23.2 Å². The van der Waals surface area contributed by atoms with Gasteiger partial charge in [-0.1, -0.05) is 23.4 Å². The van der Waals surface area contributed by atoms with Crippen molar-refractivity contribution in [2.45, 2.75) is 0 Å². The number of thioether (sulfide) groups is 1. The molecule has 0 aromatic heterocycles. The number of halogens is 1. The normalized spacial score (nSPS) is 17.6. The van der Waals surface area contributed by atoms with Gasteiger partial charge in [0.05, 0.1) is 23.6 Å². The number of nitrogens with zero attached hydrogens (tertiary/aromatic N) is 1. The Bertz CT molecular complexity index is 462.